The summed E-state index contributed by atoms with van der Waals surface area (Å²) < 4.78 is 13.9. The number of rotatable bonds is 3. The lowest BCUT2D eigenvalue weighted by Crippen LogP contribution is -2.16. The summed E-state index contributed by atoms with van der Waals surface area (Å²) in [5.41, 5.74) is 8.49. The Balaban J connectivity index is 1.97. The highest BCUT2D eigenvalue weighted by molar-refractivity contribution is 7.99. The van der Waals surface area contributed by atoms with E-state index >= 15 is 0 Å². The monoisotopic (exact) mass is 302 g/mol. The topological polar surface area (TPSA) is 58.6 Å². The SMILES string of the molecule is NC(=NO)c1c(F)cccc1Sc1ccc2c(c1)CCC2. The van der Waals surface area contributed by atoms with Crippen molar-refractivity contribution in [1.29, 1.82) is 0 Å². The van der Waals surface area contributed by atoms with E-state index in [0.717, 1.165) is 17.7 Å². The van der Waals surface area contributed by atoms with Crippen molar-refractivity contribution >= 4 is 17.6 Å². The van der Waals surface area contributed by atoms with Crippen LogP contribution in [0.3, 0.4) is 0 Å². The van der Waals surface area contributed by atoms with Crippen LogP contribution in [-0.2, 0) is 12.8 Å². The zero-order chi connectivity index (χ0) is 14.8. The van der Waals surface area contributed by atoms with E-state index in [4.69, 9.17) is 10.9 Å². The molecule has 1 aliphatic carbocycles. The highest BCUT2D eigenvalue weighted by Gasteiger charge is 2.16. The zero-order valence-corrected chi connectivity index (χ0v) is 12.2. The zero-order valence-electron chi connectivity index (χ0n) is 11.3. The number of amidine groups is 1. The smallest absolute Gasteiger partial charge is 0.174 e. The molecule has 2 aromatic rings. The van der Waals surface area contributed by atoms with Gasteiger partial charge in [-0.2, -0.15) is 0 Å². The molecule has 0 bridgehead atoms. The van der Waals surface area contributed by atoms with Crippen molar-refractivity contribution in [3.63, 3.8) is 0 Å². The summed E-state index contributed by atoms with van der Waals surface area (Å²) in [6.45, 7) is 0. The van der Waals surface area contributed by atoms with Gasteiger partial charge in [0.05, 0.1) is 5.56 Å². The second-order valence-corrected chi connectivity index (χ2v) is 6.10. The fourth-order valence-corrected chi connectivity index (χ4v) is 3.67. The van der Waals surface area contributed by atoms with Crippen LogP contribution in [0.25, 0.3) is 0 Å². The average Bonchev–Trinajstić information content (AvgIpc) is 2.94. The normalized spacial score (nSPS) is 14.2. The fourth-order valence-electron chi connectivity index (χ4n) is 2.63. The summed E-state index contributed by atoms with van der Waals surface area (Å²) in [7, 11) is 0. The molecule has 0 amide bonds. The van der Waals surface area contributed by atoms with E-state index in [0.29, 0.717) is 4.90 Å². The van der Waals surface area contributed by atoms with Crippen LogP contribution in [-0.4, -0.2) is 11.0 Å². The third-order valence-corrected chi connectivity index (χ3v) is 4.69. The van der Waals surface area contributed by atoms with Crippen molar-refractivity contribution in [3.8, 4) is 0 Å². The van der Waals surface area contributed by atoms with Crippen LogP contribution in [0.2, 0.25) is 0 Å². The quantitative estimate of drug-likeness (QED) is 0.394. The number of fused-ring (bicyclic) bond motifs is 1. The maximum absolute atomic E-state index is 13.9. The summed E-state index contributed by atoms with van der Waals surface area (Å²) in [6.07, 6.45) is 3.42. The highest BCUT2D eigenvalue weighted by Crippen LogP contribution is 2.34. The molecule has 3 N–H and O–H groups in total. The molecule has 3 nitrogen and oxygen atoms in total. The minimum Gasteiger partial charge on any atom is -0.409 e. The predicted molar refractivity (Wildman–Crippen MR) is 81.5 cm³/mol. The minimum absolute atomic E-state index is 0.144. The first kappa shape index (κ1) is 13.9. The molecular formula is C16H15FN2OS. The van der Waals surface area contributed by atoms with Gasteiger partial charge in [0.15, 0.2) is 5.84 Å². The largest absolute Gasteiger partial charge is 0.409 e. The molecule has 1 aliphatic rings. The lowest BCUT2D eigenvalue weighted by atomic mass is 10.1. The van der Waals surface area contributed by atoms with E-state index in [-0.39, 0.29) is 11.4 Å². The number of oxime groups is 1. The Bertz CT molecular complexity index is 715. The number of hydrogen-bond donors (Lipinski definition) is 2. The summed E-state index contributed by atoms with van der Waals surface area (Å²) in [4.78, 5) is 1.68. The molecule has 2 aromatic carbocycles. The van der Waals surface area contributed by atoms with E-state index in [1.165, 1.54) is 35.4 Å². The van der Waals surface area contributed by atoms with Crippen LogP contribution in [0.5, 0.6) is 0 Å². The molecule has 0 radical (unpaired) electrons. The molecule has 0 unspecified atom stereocenters. The molecule has 5 heteroatoms. The molecule has 0 saturated carbocycles. The Kier molecular flexibility index (Phi) is 3.84. The Labute approximate surface area is 126 Å². The van der Waals surface area contributed by atoms with Gasteiger partial charge >= 0.3 is 0 Å². The maximum atomic E-state index is 13.9. The number of benzene rings is 2. The number of nitrogens with two attached hydrogens (primary N) is 1. The van der Waals surface area contributed by atoms with Crippen molar-refractivity contribution in [1.82, 2.24) is 0 Å². The molecule has 3 rings (SSSR count). The number of hydrogen-bond acceptors (Lipinski definition) is 3. The first-order chi connectivity index (χ1) is 10.2. The molecule has 0 spiro atoms. The summed E-state index contributed by atoms with van der Waals surface area (Å²) >= 11 is 1.43. The van der Waals surface area contributed by atoms with Crippen LogP contribution in [0, 0.1) is 5.82 Å². The third-order valence-electron chi connectivity index (χ3n) is 3.64. The minimum atomic E-state index is -0.489. The van der Waals surface area contributed by atoms with Gasteiger partial charge in [-0.25, -0.2) is 4.39 Å². The molecule has 21 heavy (non-hydrogen) atoms. The Hall–Kier alpha value is -2.01. The van der Waals surface area contributed by atoms with Crippen molar-refractivity contribution < 1.29 is 9.60 Å². The van der Waals surface area contributed by atoms with Gasteiger partial charge in [0, 0.05) is 9.79 Å². The molecule has 0 fully saturated rings. The van der Waals surface area contributed by atoms with Crippen molar-refractivity contribution in [3.05, 3.63) is 58.9 Å². The average molecular weight is 302 g/mol. The van der Waals surface area contributed by atoms with Gasteiger partial charge in [0.25, 0.3) is 0 Å². The van der Waals surface area contributed by atoms with Gasteiger partial charge in [-0.3, -0.25) is 0 Å². The highest BCUT2D eigenvalue weighted by atomic mass is 32.2. The molecule has 0 aliphatic heterocycles. The van der Waals surface area contributed by atoms with Crippen LogP contribution in [0.15, 0.2) is 51.3 Å². The van der Waals surface area contributed by atoms with E-state index in [1.54, 1.807) is 12.1 Å². The van der Waals surface area contributed by atoms with E-state index < -0.39 is 5.82 Å². The standard InChI is InChI=1S/C16H15FN2OS/c17-13-5-2-6-14(15(13)16(18)19-20)21-12-8-7-10-3-1-4-11(10)9-12/h2,5-9,20H,1,3-4H2,(H2,18,19). The first-order valence-corrected chi connectivity index (χ1v) is 7.57. The molecule has 0 heterocycles. The second kappa shape index (κ2) is 5.77. The fraction of sp³-hybridized carbons (Fsp3) is 0.188. The van der Waals surface area contributed by atoms with Crippen molar-refractivity contribution in [2.45, 2.75) is 29.1 Å². The third kappa shape index (κ3) is 2.74. The Morgan fingerprint density at radius 2 is 2.00 bits per heavy atom. The van der Waals surface area contributed by atoms with Crippen LogP contribution in [0.1, 0.15) is 23.1 Å². The van der Waals surface area contributed by atoms with Gasteiger partial charge in [0.2, 0.25) is 0 Å². The Morgan fingerprint density at radius 1 is 1.19 bits per heavy atom. The van der Waals surface area contributed by atoms with Gasteiger partial charge in [-0.15, -0.1) is 0 Å². The van der Waals surface area contributed by atoms with Gasteiger partial charge < -0.3 is 10.9 Å². The number of halogens is 1. The summed E-state index contributed by atoms with van der Waals surface area (Å²) in [5.74, 6) is -0.701. The van der Waals surface area contributed by atoms with Crippen molar-refractivity contribution in [2.24, 2.45) is 10.9 Å². The lowest BCUT2D eigenvalue weighted by molar-refractivity contribution is 0.318. The van der Waals surface area contributed by atoms with Crippen LogP contribution >= 0.6 is 11.8 Å². The van der Waals surface area contributed by atoms with E-state index in [9.17, 15) is 4.39 Å². The molecule has 0 aromatic heterocycles. The first-order valence-electron chi connectivity index (χ1n) is 6.75. The molecule has 0 saturated heterocycles. The van der Waals surface area contributed by atoms with E-state index in [2.05, 4.69) is 17.3 Å². The number of nitrogens with zero attached hydrogens (tertiary/aromatic N) is 1. The van der Waals surface area contributed by atoms with Gasteiger partial charge in [-0.05, 0) is 54.7 Å². The van der Waals surface area contributed by atoms with Gasteiger partial charge in [0.1, 0.15) is 5.82 Å². The van der Waals surface area contributed by atoms with Crippen molar-refractivity contribution in [2.75, 3.05) is 0 Å². The maximum Gasteiger partial charge on any atom is 0.174 e. The molecular weight excluding hydrogens is 287 g/mol. The van der Waals surface area contributed by atoms with Gasteiger partial charge in [-0.1, -0.05) is 29.1 Å². The molecule has 108 valence electrons. The lowest BCUT2D eigenvalue weighted by Gasteiger charge is -2.10. The summed E-state index contributed by atoms with van der Waals surface area (Å²) in [5, 5.41) is 11.7. The summed E-state index contributed by atoms with van der Waals surface area (Å²) in [6, 6.07) is 11.0. The Morgan fingerprint density at radius 3 is 2.81 bits per heavy atom. The van der Waals surface area contributed by atoms with Crippen LogP contribution in [0.4, 0.5) is 4.39 Å². The predicted octanol–water partition coefficient (Wildman–Crippen LogP) is 3.56. The second-order valence-electron chi connectivity index (χ2n) is 4.98. The van der Waals surface area contributed by atoms with E-state index in [1.807, 2.05) is 6.07 Å². The van der Waals surface area contributed by atoms with Crippen LogP contribution < -0.4 is 5.73 Å². The molecule has 0 atom stereocenters. The number of aryl methyl sites for hydroxylation is 2.